The molecule has 4 nitrogen and oxygen atoms in total. The maximum atomic E-state index is 5.34. The first kappa shape index (κ1) is 13.9. The smallest absolute Gasteiger partial charge is 0.164 e. The zero-order valence-corrected chi connectivity index (χ0v) is 13.4. The summed E-state index contributed by atoms with van der Waals surface area (Å²) in [6.07, 6.45) is 0. The first-order chi connectivity index (χ1) is 8.97. The highest BCUT2D eigenvalue weighted by Crippen LogP contribution is 2.37. The van der Waals surface area contributed by atoms with E-state index < -0.39 is 0 Å². The van der Waals surface area contributed by atoms with Crippen molar-refractivity contribution in [3.8, 4) is 17.0 Å². The lowest BCUT2D eigenvalue weighted by Crippen LogP contribution is -2.09. The number of aromatic amines is 1. The van der Waals surface area contributed by atoms with Crippen molar-refractivity contribution in [1.82, 2.24) is 10.2 Å². The summed E-state index contributed by atoms with van der Waals surface area (Å²) in [5, 5.41) is 7.43. The summed E-state index contributed by atoms with van der Waals surface area (Å²) in [7, 11) is 5.63. The number of halogens is 1. The minimum Gasteiger partial charge on any atom is -0.496 e. The summed E-state index contributed by atoms with van der Waals surface area (Å²) in [5.74, 6) is 1.80. The fourth-order valence-electron chi connectivity index (χ4n) is 2.08. The van der Waals surface area contributed by atoms with Crippen LogP contribution in [0, 0.1) is 13.8 Å². The van der Waals surface area contributed by atoms with Crippen molar-refractivity contribution in [3.05, 3.63) is 27.7 Å². The Bertz CT molecular complexity index is 605. The first-order valence-corrected chi connectivity index (χ1v) is 6.82. The van der Waals surface area contributed by atoms with Crippen molar-refractivity contribution >= 4 is 21.7 Å². The molecule has 0 saturated heterocycles. The van der Waals surface area contributed by atoms with Crippen molar-refractivity contribution in [2.45, 2.75) is 13.8 Å². The van der Waals surface area contributed by atoms with Crippen molar-refractivity contribution in [1.29, 1.82) is 0 Å². The number of benzene rings is 1. The van der Waals surface area contributed by atoms with Gasteiger partial charge in [0.25, 0.3) is 0 Å². The highest BCUT2D eigenvalue weighted by molar-refractivity contribution is 9.10. The number of H-pyrrole nitrogens is 1. The molecule has 0 bridgehead atoms. The molecule has 1 aromatic heterocycles. The molecule has 19 heavy (non-hydrogen) atoms. The summed E-state index contributed by atoms with van der Waals surface area (Å²) in [4.78, 5) is 1.97. The van der Waals surface area contributed by atoms with E-state index >= 15 is 0 Å². The zero-order valence-electron chi connectivity index (χ0n) is 11.8. The standard InChI is InChI=1S/C14H18BrN3O/c1-8-9(2)11(19-5)7-6-10(8)13-12(15)14(17-16-13)18(3)4/h6-7H,1-5H3,(H,16,17). The lowest BCUT2D eigenvalue weighted by Gasteiger charge is -2.12. The molecule has 1 N–H and O–H groups in total. The molecule has 2 rings (SSSR count). The second kappa shape index (κ2) is 5.25. The van der Waals surface area contributed by atoms with Crippen LogP contribution in [0.2, 0.25) is 0 Å². The lowest BCUT2D eigenvalue weighted by molar-refractivity contribution is 0.411. The average Bonchev–Trinajstić information content (AvgIpc) is 2.75. The second-order valence-corrected chi connectivity index (χ2v) is 5.49. The van der Waals surface area contributed by atoms with Gasteiger partial charge in [0.2, 0.25) is 0 Å². The number of nitrogens with one attached hydrogen (secondary N) is 1. The molecule has 1 heterocycles. The Morgan fingerprint density at radius 3 is 2.42 bits per heavy atom. The predicted octanol–water partition coefficient (Wildman–Crippen LogP) is 3.53. The minimum atomic E-state index is 0.892. The SMILES string of the molecule is COc1ccc(-c2[nH]nc(N(C)C)c2Br)c(C)c1C. The number of rotatable bonds is 3. The molecule has 0 amide bonds. The fourth-order valence-corrected chi connectivity index (χ4v) is 2.83. The van der Waals surface area contributed by atoms with E-state index in [9.17, 15) is 0 Å². The maximum Gasteiger partial charge on any atom is 0.164 e. The fraction of sp³-hybridized carbons (Fsp3) is 0.357. The van der Waals surface area contributed by atoms with Gasteiger partial charge < -0.3 is 9.64 Å². The van der Waals surface area contributed by atoms with Gasteiger partial charge in [-0.2, -0.15) is 5.10 Å². The molecule has 102 valence electrons. The van der Waals surface area contributed by atoms with E-state index in [-0.39, 0.29) is 0 Å². The Morgan fingerprint density at radius 1 is 1.21 bits per heavy atom. The van der Waals surface area contributed by atoms with Gasteiger partial charge in [-0.1, -0.05) is 0 Å². The number of nitrogens with zero attached hydrogens (tertiary/aromatic N) is 2. The van der Waals surface area contributed by atoms with E-state index in [1.165, 1.54) is 5.56 Å². The van der Waals surface area contributed by atoms with Crippen LogP contribution < -0.4 is 9.64 Å². The Labute approximate surface area is 121 Å². The molecule has 0 radical (unpaired) electrons. The van der Waals surface area contributed by atoms with Crippen molar-refractivity contribution in [3.63, 3.8) is 0 Å². The van der Waals surface area contributed by atoms with Gasteiger partial charge in [-0.25, -0.2) is 0 Å². The van der Waals surface area contributed by atoms with E-state index in [1.807, 2.05) is 25.1 Å². The summed E-state index contributed by atoms with van der Waals surface area (Å²) < 4.78 is 6.32. The third-order valence-electron chi connectivity index (χ3n) is 3.34. The van der Waals surface area contributed by atoms with E-state index in [0.717, 1.165) is 32.9 Å². The third-order valence-corrected chi connectivity index (χ3v) is 4.09. The monoisotopic (exact) mass is 323 g/mol. The van der Waals surface area contributed by atoms with Gasteiger partial charge in [0, 0.05) is 19.7 Å². The number of ether oxygens (including phenoxy) is 1. The molecular formula is C14H18BrN3O. The highest BCUT2D eigenvalue weighted by Gasteiger charge is 2.17. The Kier molecular flexibility index (Phi) is 3.85. The Morgan fingerprint density at radius 2 is 1.89 bits per heavy atom. The average molecular weight is 324 g/mol. The van der Waals surface area contributed by atoms with Gasteiger partial charge in [-0.05, 0) is 53.0 Å². The van der Waals surface area contributed by atoms with E-state index in [2.05, 4.69) is 46.0 Å². The van der Waals surface area contributed by atoms with Gasteiger partial charge in [0.1, 0.15) is 5.75 Å². The number of anilines is 1. The normalized spacial score (nSPS) is 10.6. The van der Waals surface area contributed by atoms with Crippen LogP contribution >= 0.6 is 15.9 Å². The number of methoxy groups -OCH3 is 1. The van der Waals surface area contributed by atoms with Crippen molar-refractivity contribution < 1.29 is 4.74 Å². The van der Waals surface area contributed by atoms with E-state index in [4.69, 9.17) is 4.74 Å². The van der Waals surface area contributed by atoms with Crippen LogP contribution in [0.15, 0.2) is 16.6 Å². The molecule has 0 saturated carbocycles. The third kappa shape index (κ3) is 2.34. The molecule has 0 aliphatic carbocycles. The van der Waals surface area contributed by atoms with Crippen molar-refractivity contribution in [2.75, 3.05) is 26.1 Å². The van der Waals surface area contributed by atoms with Crippen molar-refractivity contribution in [2.24, 2.45) is 0 Å². The summed E-state index contributed by atoms with van der Waals surface area (Å²) in [6, 6.07) is 4.04. The van der Waals surface area contributed by atoms with Gasteiger partial charge >= 0.3 is 0 Å². The molecule has 0 aliphatic rings. The molecular weight excluding hydrogens is 306 g/mol. The van der Waals surface area contributed by atoms with E-state index in [0.29, 0.717) is 0 Å². The first-order valence-electron chi connectivity index (χ1n) is 6.03. The summed E-state index contributed by atoms with van der Waals surface area (Å²) in [5.41, 5.74) is 4.46. The largest absolute Gasteiger partial charge is 0.496 e. The van der Waals surface area contributed by atoms with Crippen LogP contribution in [0.5, 0.6) is 5.75 Å². The molecule has 2 aromatic rings. The molecule has 5 heteroatoms. The number of aromatic nitrogens is 2. The van der Waals surface area contributed by atoms with Gasteiger partial charge in [-0.15, -0.1) is 0 Å². The Hall–Kier alpha value is -1.49. The lowest BCUT2D eigenvalue weighted by atomic mass is 10.00. The van der Waals surface area contributed by atoms with Gasteiger partial charge in [0.15, 0.2) is 5.82 Å². The van der Waals surface area contributed by atoms with Crippen LogP contribution in [0.4, 0.5) is 5.82 Å². The Balaban J connectivity index is 2.57. The summed E-state index contributed by atoms with van der Waals surface area (Å²) >= 11 is 3.62. The second-order valence-electron chi connectivity index (χ2n) is 4.70. The van der Waals surface area contributed by atoms with Crippen LogP contribution in [-0.4, -0.2) is 31.4 Å². The topological polar surface area (TPSA) is 41.1 Å². The maximum absolute atomic E-state index is 5.34. The molecule has 0 atom stereocenters. The van der Waals surface area contributed by atoms with E-state index in [1.54, 1.807) is 7.11 Å². The van der Waals surface area contributed by atoms with Gasteiger partial charge in [0.05, 0.1) is 17.3 Å². The van der Waals surface area contributed by atoms with Gasteiger partial charge in [-0.3, -0.25) is 5.10 Å². The summed E-state index contributed by atoms with van der Waals surface area (Å²) in [6.45, 7) is 4.16. The number of hydrogen-bond donors (Lipinski definition) is 1. The molecule has 0 fully saturated rings. The molecule has 0 aliphatic heterocycles. The molecule has 1 aromatic carbocycles. The van der Waals surface area contributed by atoms with Crippen LogP contribution in [-0.2, 0) is 0 Å². The highest BCUT2D eigenvalue weighted by atomic mass is 79.9. The minimum absolute atomic E-state index is 0.892. The van der Waals surface area contributed by atoms with Crippen LogP contribution in [0.1, 0.15) is 11.1 Å². The quantitative estimate of drug-likeness (QED) is 0.939. The number of hydrogen-bond acceptors (Lipinski definition) is 3. The van der Waals surface area contributed by atoms with Crippen LogP contribution in [0.3, 0.4) is 0 Å². The molecule has 0 spiro atoms. The molecule has 0 unspecified atom stereocenters. The predicted molar refractivity (Wildman–Crippen MR) is 82.1 cm³/mol. The zero-order chi connectivity index (χ0) is 14.2. The van der Waals surface area contributed by atoms with Crippen LogP contribution in [0.25, 0.3) is 11.3 Å².